The van der Waals surface area contributed by atoms with Gasteiger partial charge in [0.1, 0.15) is 5.52 Å². The number of fused-ring (bicyclic) bond motifs is 1. The number of unbranched alkanes of at least 4 members (excludes halogenated alkanes) is 2. The molecule has 2 rings (SSSR count). The van der Waals surface area contributed by atoms with Crippen LogP contribution in [0.2, 0.25) is 0 Å². The molecule has 1 aromatic carbocycles. The number of oxazole rings is 1. The summed E-state index contributed by atoms with van der Waals surface area (Å²) < 4.78 is 5.79. The standard InChI is InChI=1S/C18H27NO2/c1-4-5-6-7-17-19-15-12-14(8-9-16(15)21-17)10-11-18(2,3)13-20/h8-9,12,20H,4-7,10-11,13H2,1-3H3. The van der Waals surface area contributed by atoms with Gasteiger partial charge in [0.05, 0.1) is 0 Å². The van der Waals surface area contributed by atoms with Gasteiger partial charge in [0.2, 0.25) is 0 Å². The first-order chi connectivity index (χ1) is 10.0. The molecule has 2 aromatic rings. The van der Waals surface area contributed by atoms with Crippen molar-refractivity contribution in [2.24, 2.45) is 5.41 Å². The average molecular weight is 289 g/mol. The molecule has 0 radical (unpaired) electrons. The quantitative estimate of drug-likeness (QED) is 0.727. The Hall–Kier alpha value is -1.35. The lowest BCUT2D eigenvalue weighted by molar-refractivity contribution is 0.151. The monoisotopic (exact) mass is 289 g/mol. The van der Waals surface area contributed by atoms with Gasteiger partial charge in [-0.1, -0.05) is 39.7 Å². The van der Waals surface area contributed by atoms with E-state index in [0.29, 0.717) is 0 Å². The van der Waals surface area contributed by atoms with Crippen LogP contribution in [0.3, 0.4) is 0 Å². The van der Waals surface area contributed by atoms with Crippen LogP contribution in [0.1, 0.15) is 57.9 Å². The minimum Gasteiger partial charge on any atom is -0.441 e. The summed E-state index contributed by atoms with van der Waals surface area (Å²) in [6, 6.07) is 6.25. The van der Waals surface area contributed by atoms with E-state index in [1.165, 1.54) is 18.4 Å². The summed E-state index contributed by atoms with van der Waals surface area (Å²) in [6.07, 6.45) is 6.43. The second kappa shape index (κ2) is 7.08. The predicted molar refractivity (Wildman–Crippen MR) is 86.4 cm³/mol. The van der Waals surface area contributed by atoms with E-state index in [1.807, 2.05) is 6.07 Å². The molecule has 1 aromatic heterocycles. The number of hydrogen-bond donors (Lipinski definition) is 1. The third-order valence-electron chi connectivity index (χ3n) is 4.01. The fraction of sp³-hybridized carbons (Fsp3) is 0.611. The maximum Gasteiger partial charge on any atom is 0.195 e. The van der Waals surface area contributed by atoms with Crippen molar-refractivity contribution in [1.29, 1.82) is 0 Å². The first-order valence-electron chi connectivity index (χ1n) is 8.03. The molecule has 0 spiro atoms. The highest BCUT2D eigenvalue weighted by Gasteiger charge is 2.16. The van der Waals surface area contributed by atoms with Crippen LogP contribution in [-0.2, 0) is 12.8 Å². The van der Waals surface area contributed by atoms with Gasteiger partial charge in [-0.3, -0.25) is 0 Å². The van der Waals surface area contributed by atoms with E-state index in [1.54, 1.807) is 0 Å². The Bertz CT molecular complexity index is 572. The minimum atomic E-state index is -0.0237. The molecule has 0 atom stereocenters. The number of benzene rings is 1. The zero-order valence-electron chi connectivity index (χ0n) is 13.5. The molecule has 0 amide bonds. The lowest BCUT2D eigenvalue weighted by atomic mass is 9.87. The fourth-order valence-electron chi connectivity index (χ4n) is 2.37. The number of rotatable bonds is 8. The van der Waals surface area contributed by atoms with Crippen LogP contribution in [0.25, 0.3) is 11.1 Å². The Kier molecular flexibility index (Phi) is 5.40. The topological polar surface area (TPSA) is 46.3 Å². The van der Waals surface area contributed by atoms with Crippen LogP contribution in [0.5, 0.6) is 0 Å². The molecule has 3 heteroatoms. The van der Waals surface area contributed by atoms with Crippen molar-refractivity contribution in [2.45, 2.75) is 59.3 Å². The maximum atomic E-state index is 9.32. The van der Waals surface area contributed by atoms with Crippen LogP contribution >= 0.6 is 0 Å². The van der Waals surface area contributed by atoms with Crippen molar-refractivity contribution in [3.63, 3.8) is 0 Å². The molecule has 0 bridgehead atoms. The van der Waals surface area contributed by atoms with Crippen molar-refractivity contribution in [3.05, 3.63) is 29.7 Å². The number of aromatic nitrogens is 1. The lowest BCUT2D eigenvalue weighted by Crippen LogP contribution is -2.17. The molecule has 21 heavy (non-hydrogen) atoms. The van der Waals surface area contributed by atoms with Gasteiger partial charge in [-0.15, -0.1) is 0 Å². The molecule has 0 unspecified atom stereocenters. The summed E-state index contributed by atoms with van der Waals surface area (Å²) in [5.74, 6) is 0.853. The molecule has 0 saturated carbocycles. The average Bonchev–Trinajstić information content (AvgIpc) is 2.87. The summed E-state index contributed by atoms with van der Waals surface area (Å²) in [4.78, 5) is 4.59. The third kappa shape index (κ3) is 4.57. The molecular formula is C18H27NO2. The van der Waals surface area contributed by atoms with Gasteiger partial charge in [-0.05, 0) is 42.4 Å². The number of hydrogen-bond acceptors (Lipinski definition) is 3. The largest absolute Gasteiger partial charge is 0.441 e. The number of nitrogens with zero attached hydrogens (tertiary/aromatic N) is 1. The molecular weight excluding hydrogens is 262 g/mol. The van der Waals surface area contributed by atoms with Crippen molar-refractivity contribution in [1.82, 2.24) is 4.98 Å². The SMILES string of the molecule is CCCCCc1nc2cc(CCC(C)(C)CO)ccc2o1. The molecule has 1 heterocycles. The number of aryl methyl sites for hydroxylation is 2. The lowest BCUT2D eigenvalue weighted by Gasteiger charge is -2.21. The van der Waals surface area contributed by atoms with E-state index in [0.717, 1.165) is 42.7 Å². The van der Waals surface area contributed by atoms with Crippen LogP contribution < -0.4 is 0 Å². The first kappa shape index (κ1) is 16.0. The Morgan fingerprint density at radius 2 is 2.00 bits per heavy atom. The first-order valence-corrected chi connectivity index (χ1v) is 8.03. The van der Waals surface area contributed by atoms with Crippen molar-refractivity contribution in [3.8, 4) is 0 Å². The van der Waals surface area contributed by atoms with Crippen LogP contribution in [-0.4, -0.2) is 16.7 Å². The molecule has 116 valence electrons. The zero-order valence-corrected chi connectivity index (χ0v) is 13.5. The van der Waals surface area contributed by atoms with E-state index in [-0.39, 0.29) is 12.0 Å². The summed E-state index contributed by atoms with van der Waals surface area (Å²) >= 11 is 0. The summed E-state index contributed by atoms with van der Waals surface area (Å²) in [5.41, 5.74) is 3.08. The smallest absolute Gasteiger partial charge is 0.195 e. The number of aliphatic hydroxyl groups excluding tert-OH is 1. The van der Waals surface area contributed by atoms with E-state index < -0.39 is 0 Å². The zero-order chi connectivity index (χ0) is 15.3. The van der Waals surface area contributed by atoms with E-state index >= 15 is 0 Å². The van der Waals surface area contributed by atoms with E-state index in [2.05, 4.69) is 37.9 Å². The van der Waals surface area contributed by atoms with Gasteiger partial charge in [-0.25, -0.2) is 4.98 Å². The fourth-order valence-corrected chi connectivity index (χ4v) is 2.37. The van der Waals surface area contributed by atoms with Gasteiger partial charge >= 0.3 is 0 Å². The minimum absolute atomic E-state index is 0.0237. The Morgan fingerprint density at radius 3 is 2.71 bits per heavy atom. The molecule has 0 aliphatic carbocycles. The normalized spacial score (nSPS) is 12.2. The highest BCUT2D eigenvalue weighted by molar-refractivity contribution is 5.73. The summed E-state index contributed by atoms with van der Waals surface area (Å²) in [5, 5.41) is 9.32. The molecule has 0 aliphatic heterocycles. The molecule has 0 saturated heterocycles. The number of aliphatic hydroxyl groups is 1. The van der Waals surface area contributed by atoms with Gasteiger partial charge in [0.15, 0.2) is 11.5 Å². The highest BCUT2D eigenvalue weighted by Crippen LogP contribution is 2.24. The molecule has 0 fully saturated rings. The van der Waals surface area contributed by atoms with E-state index in [9.17, 15) is 5.11 Å². The molecule has 1 N–H and O–H groups in total. The summed E-state index contributed by atoms with van der Waals surface area (Å²) in [7, 11) is 0. The van der Waals surface area contributed by atoms with Gasteiger partial charge in [-0.2, -0.15) is 0 Å². The summed E-state index contributed by atoms with van der Waals surface area (Å²) in [6.45, 7) is 6.61. The Morgan fingerprint density at radius 1 is 1.19 bits per heavy atom. The van der Waals surface area contributed by atoms with Crippen molar-refractivity contribution < 1.29 is 9.52 Å². The highest BCUT2D eigenvalue weighted by atomic mass is 16.3. The van der Waals surface area contributed by atoms with Crippen molar-refractivity contribution >= 4 is 11.1 Å². The van der Waals surface area contributed by atoms with Gasteiger partial charge < -0.3 is 9.52 Å². The molecule has 0 aliphatic rings. The second-order valence-electron chi connectivity index (χ2n) is 6.69. The second-order valence-corrected chi connectivity index (χ2v) is 6.69. The Balaban J connectivity index is 2.03. The predicted octanol–water partition coefficient (Wildman–Crippen LogP) is 4.51. The van der Waals surface area contributed by atoms with Crippen molar-refractivity contribution in [2.75, 3.05) is 6.61 Å². The maximum absolute atomic E-state index is 9.32. The van der Waals surface area contributed by atoms with Crippen LogP contribution in [0.15, 0.2) is 22.6 Å². The van der Waals surface area contributed by atoms with Crippen LogP contribution in [0.4, 0.5) is 0 Å². The van der Waals surface area contributed by atoms with E-state index in [4.69, 9.17) is 4.42 Å². The Labute approximate surface area is 127 Å². The van der Waals surface area contributed by atoms with Gasteiger partial charge in [0, 0.05) is 13.0 Å². The molecule has 3 nitrogen and oxygen atoms in total. The third-order valence-corrected chi connectivity index (χ3v) is 4.01. The van der Waals surface area contributed by atoms with Gasteiger partial charge in [0.25, 0.3) is 0 Å². The van der Waals surface area contributed by atoms with Crippen LogP contribution in [0, 0.1) is 5.41 Å².